The molecule has 1 aliphatic carbocycles. The van der Waals surface area contributed by atoms with E-state index in [0.717, 1.165) is 19.0 Å². The number of likely N-dealkylation sites (tertiary alicyclic amines) is 1. The molecule has 0 aromatic heterocycles. The summed E-state index contributed by atoms with van der Waals surface area (Å²) in [6.45, 7) is 10.4. The van der Waals surface area contributed by atoms with Gasteiger partial charge < -0.3 is 4.74 Å². The molecule has 0 aromatic rings. The van der Waals surface area contributed by atoms with Crippen molar-refractivity contribution in [2.24, 2.45) is 5.92 Å². The molecule has 1 aliphatic heterocycles. The summed E-state index contributed by atoms with van der Waals surface area (Å²) < 4.78 is 5.33. The van der Waals surface area contributed by atoms with E-state index >= 15 is 0 Å². The summed E-state index contributed by atoms with van der Waals surface area (Å²) in [6, 6.07) is 0.949. The summed E-state index contributed by atoms with van der Waals surface area (Å²) >= 11 is 0. The highest BCUT2D eigenvalue weighted by atomic mass is 16.5. The second-order valence-electron chi connectivity index (χ2n) is 7.22. The number of rotatable bonds is 6. The Morgan fingerprint density at radius 3 is 2.71 bits per heavy atom. The summed E-state index contributed by atoms with van der Waals surface area (Å²) in [4.78, 5) is 15.0. The molecule has 1 heterocycles. The third-order valence-electron chi connectivity index (χ3n) is 4.96. The van der Waals surface area contributed by atoms with Gasteiger partial charge in [-0.15, -0.1) is 0 Å². The summed E-state index contributed by atoms with van der Waals surface area (Å²) in [7, 11) is 0. The Hall–Kier alpha value is -0.610. The molecule has 3 atom stereocenters. The first-order valence-electron chi connectivity index (χ1n) is 8.65. The first-order valence-corrected chi connectivity index (χ1v) is 8.65. The maximum absolute atomic E-state index is 12.5. The molecule has 4 heteroatoms. The van der Waals surface area contributed by atoms with Gasteiger partial charge in [-0.1, -0.05) is 6.42 Å². The van der Waals surface area contributed by atoms with Gasteiger partial charge in [0.1, 0.15) is 5.54 Å². The lowest BCUT2D eigenvalue weighted by Gasteiger charge is -2.43. The van der Waals surface area contributed by atoms with Crippen LogP contribution in [0, 0.1) is 5.92 Å². The van der Waals surface area contributed by atoms with Crippen LogP contribution in [-0.2, 0) is 9.53 Å². The van der Waals surface area contributed by atoms with E-state index < -0.39 is 5.54 Å². The van der Waals surface area contributed by atoms with Crippen LogP contribution in [0.1, 0.15) is 59.8 Å². The number of piperidine rings is 1. The number of esters is 1. The molecular formula is C17H32N2O2. The number of nitrogens with one attached hydrogen (secondary N) is 1. The van der Waals surface area contributed by atoms with Crippen LogP contribution in [0.5, 0.6) is 0 Å². The van der Waals surface area contributed by atoms with Crippen LogP contribution in [0.2, 0.25) is 0 Å². The third-order valence-corrected chi connectivity index (χ3v) is 4.96. The average molecular weight is 296 g/mol. The van der Waals surface area contributed by atoms with Crippen molar-refractivity contribution in [2.45, 2.75) is 77.4 Å². The fourth-order valence-electron chi connectivity index (χ4n) is 4.26. The Kier molecular flexibility index (Phi) is 5.67. The molecule has 1 saturated carbocycles. The van der Waals surface area contributed by atoms with Crippen molar-refractivity contribution in [3.8, 4) is 0 Å². The second kappa shape index (κ2) is 7.10. The van der Waals surface area contributed by atoms with E-state index in [4.69, 9.17) is 4.74 Å². The molecular weight excluding hydrogens is 264 g/mol. The lowest BCUT2D eigenvalue weighted by molar-refractivity contribution is -0.152. The summed E-state index contributed by atoms with van der Waals surface area (Å²) in [5.41, 5.74) is -0.603. The molecule has 4 nitrogen and oxygen atoms in total. The van der Waals surface area contributed by atoms with E-state index in [2.05, 4.69) is 24.1 Å². The van der Waals surface area contributed by atoms with E-state index in [-0.39, 0.29) is 12.0 Å². The zero-order valence-electron chi connectivity index (χ0n) is 14.2. The highest BCUT2D eigenvalue weighted by Gasteiger charge is 2.42. The zero-order valence-corrected chi connectivity index (χ0v) is 14.2. The number of hydrogen-bond acceptors (Lipinski definition) is 4. The number of ether oxygens (including phenoxy) is 1. The fraction of sp³-hybridized carbons (Fsp3) is 0.941. The molecule has 0 spiro atoms. The number of hydrogen-bond donors (Lipinski definition) is 1. The molecule has 0 amide bonds. The number of carbonyl (C=O) groups excluding carboxylic acids is 1. The molecule has 0 bridgehead atoms. The van der Waals surface area contributed by atoms with Crippen LogP contribution >= 0.6 is 0 Å². The van der Waals surface area contributed by atoms with Crippen molar-refractivity contribution < 1.29 is 9.53 Å². The Labute approximate surface area is 129 Å². The quantitative estimate of drug-likeness (QED) is 0.765. The number of fused-ring (bicyclic) bond motifs is 1. The van der Waals surface area contributed by atoms with Crippen molar-refractivity contribution in [1.82, 2.24) is 10.2 Å². The van der Waals surface area contributed by atoms with Gasteiger partial charge in [-0.2, -0.15) is 0 Å². The summed E-state index contributed by atoms with van der Waals surface area (Å²) in [5, 5.41) is 3.45. The highest BCUT2D eigenvalue weighted by molar-refractivity contribution is 5.80. The lowest BCUT2D eigenvalue weighted by atomic mass is 9.89. The van der Waals surface area contributed by atoms with Gasteiger partial charge in [0.2, 0.25) is 0 Å². The van der Waals surface area contributed by atoms with Gasteiger partial charge in [-0.3, -0.25) is 15.0 Å². The first-order chi connectivity index (χ1) is 9.96. The molecule has 1 saturated heterocycles. The Bertz CT molecular complexity index is 359. The fourth-order valence-corrected chi connectivity index (χ4v) is 4.26. The van der Waals surface area contributed by atoms with Gasteiger partial charge in [0.05, 0.1) is 6.61 Å². The van der Waals surface area contributed by atoms with Gasteiger partial charge in [0.15, 0.2) is 0 Å². The van der Waals surface area contributed by atoms with E-state index in [1.807, 2.05) is 13.8 Å². The van der Waals surface area contributed by atoms with Crippen LogP contribution < -0.4 is 5.32 Å². The predicted octanol–water partition coefficient (Wildman–Crippen LogP) is 2.57. The summed E-state index contributed by atoms with van der Waals surface area (Å²) in [6.07, 6.45) is 6.65. The zero-order chi connectivity index (χ0) is 15.5. The SMILES string of the molecule is CCOC(=O)C(C)(CN1CCCC2CCCC21)NC(C)C. The van der Waals surface area contributed by atoms with E-state index in [1.54, 1.807) is 0 Å². The van der Waals surface area contributed by atoms with Crippen LogP contribution in [-0.4, -0.2) is 48.2 Å². The minimum absolute atomic E-state index is 0.112. The van der Waals surface area contributed by atoms with E-state index in [0.29, 0.717) is 12.6 Å². The maximum Gasteiger partial charge on any atom is 0.327 e. The lowest BCUT2D eigenvalue weighted by Crippen LogP contribution is -2.61. The minimum Gasteiger partial charge on any atom is -0.465 e. The Balaban J connectivity index is 2.08. The molecule has 3 unspecified atom stereocenters. The molecule has 0 radical (unpaired) electrons. The molecule has 122 valence electrons. The van der Waals surface area contributed by atoms with Gasteiger partial charge in [0.25, 0.3) is 0 Å². The number of nitrogens with zero attached hydrogens (tertiary/aromatic N) is 1. The smallest absolute Gasteiger partial charge is 0.327 e. The van der Waals surface area contributed by atoms with Crippen molar-refractivity contribution in [1.29, 1.82) is 0 Å². The maximum atomic E-state index is 12.5. The first kappa shape index (κ1) is 16.8. The standard InChI is InChI=1S/C17H32N2O2/c1-5-21-16(20)17(4,18-13(2)3)12-19-11-7-9-14-8-6-10-15(14)19/h13-15,18H,5-12H2,1-4H3. The van der Waals surface area contributed by atoms with Crippen molar-refractivity contribution in [3.63, 3.8) is 0 Å². The van der Waals surface area contributed by atoms with Crippen LogP contribution in [0.15, 0.2) is 0 Å². The molecule has 21 heavy (non-hydrogen) atoms. The van der Waals surface area contributed by atoms with Gasteiger partial charge in [0, 0.05) is 18.6 Å². The molecule has 1 N–H and O–H groups in total. The summed E-state index contributed by atoms with van der Waals surface area (Å²) in [5.74, 6) is 0.739. The molecule has 2 rings (SSSR count). The monoisotopic (exact) mass is 296 g/mol. The topological polar surface area (TPSA) is 41.6 Å². The van der Waals surface area contributed by atoms with Gasteiger partial charge >= 0.3 is 5.97 Å². The predicted molar refractivity (Wildman–Crippen MR) is 85.2 cm³/mol. The van der Waals surface area contributed by atoms with Crippen molar-refractivity contribution in [2.75, 3.05) is 19.7 Å². The highest BCUT2D eigenvalue weighted by Crippen LogP contribution is 2.37. The third kappa shape index (κ3) is 3.98. The van der Waals surface area contributed by atoms with E-state index in [1.165, 1.54) is 32.1 Å². The van der Waals surface area contributed by atoms with Crippen LogP contribution in [0.3, 0.4) is 0 Å². The van der Waals surface area contributed by atoms with Crippen LogP contribution in [0.25, 0.3) is 0 Å². The van der Waals surface area contributed by atoms with E-state index in [9.17, 15) is 4.79 Å². The minimum atomic E-state index is -0.603. The Morgan fingerprint density at radius 1 is 1.33 bits per heavy atom. The second-order valence-corrected chi connectivity index (χ2v) is 7.22. The van der Waals surface area contributed by atoms with Crippen molar-refractivity contribution in [3.05, 3.63) is 0 Å². The average Bonchev–Trinajstić information content (AvgIpc) is 2.87. The largest absolute Gasteiger partial charge is 0.465 e. The van der Waals surface area contributed by atoms with Crippen LogP contribution in [0.4, 0.5) is 0 Å². The Morgan fingerprint density at radius 2 is 2.05 bits per heavy atom. The molecule has 0 aromatic carbocycles. The van der Waals surface area contributed by atoms with Gasteiger partial charge in [-0.05, 0) is 65.8 Å². The molecule has 2 aliphatic rings. The van der Waals surface area contributed by atoms with Crippen molar-refractivity contribution >= 4 is 5.97 Å². The molecule has 2 fully saturated rings. The van der Waals surface area contributed by atoms with Gasteiger partial charge in [-0.25, -0.2) is 0 Å². The normalized spacial score (nSPS) is 29.2. The number of carbonyl (C=O) groups is 1.